The molecule has 0 aromatic heterocycles. The van der Waals surface area contributed by atoms with Crippen molar-refractivity contribution in [3.8, 4) is 11.8 Å². The summed E-state index contributed by atoms with van der Waals surface area (Å²) in [6.07, 6.45) is 1.49. The standard InChI is InChI=1S/C20H19N3O3/c1-14(16-5-3-2-4-6-16)23-20(25)17(12-21)11-15-7-9-18(10-8-15)26-13-19(22)24/h2-11,14H,13H2,1H3,(H2,22,24)(H,23,25)/b17-11-/t14-/m0/s1. The number of ether oxygens (including phenoxy) is 1. The normalized spacial score (nSPS) is 11.9. The molecule has 0 saturated carbocycles. The Morgan fingerprint density at radius 1 is 1.19 bits per heavy atom. The van der Waals surface area contributed by atoms with Crippen molar-refractivity contribution in [3.05, 3.63) is 71.3 Å². The number of benzene rings is 2. The van der Waals surface area contributed by atoms with Crippen LogP contribution in [0.4, 0.5) is 0 Å². The lowest BCUT2D eigenvalue weighted by Gasteiger charge is -2.13. The van der Waals surface area contributed by atoms with Crippen molar-refractivity contribution in [1.82, 2.24) is 5.32 Å². The van der Waals surface area contributed by atoms with Gasteiger partial charge in [-0.1, -0.05) is 42.5 Å². The molecule has 6 heteroatoms. The molecule has 0 spiro atoms. The van der Waals surface area contributed by atoms with Gasteiger partial charge in [-0.25, -0.2) is 0 Å². The highest BCUT2D eigenvalue weighted by Gasteiger charge is 2.13. The van der Waals surface area contributed by atoms with Crippen LogP contribution in [0.2, 0.25) is 0 Å². The lowest BCUT2D eigenvalue weighted by atomic mass is 10.1. The highest BCUT2D eigenvalue weighted by molar-refractivity contribution is 6.01. The Hall–Kier alpha value is -3.59. The number of hydrogen-bond donors (Lipinski definition) is 2. The zero-order valence-corrected chi connectivity index (χ0v) is 14.3. The first-order valence-corrected chi connectivity index (χ1v) is 7.98. The highest BCUT2D eigenvalue weighted by atomic mass is 16.5. The number of nitrogens with zero attached hydrogens (tertiary/aromatic N) is 1. The van der Waals surface area contributed by atoms with Crippen LogP contribution in [0, 0.1) is 11.3 Å². The predicted octanol–water partition coefficient (Wildman–Crippen LogP) is 2.34. The maximum Gasteiger partial charge on any atom is 0.262 e. The van der Waals surface area contributed by atoms with E-state index < -0.39 is 11.8 Å². The second kappa shape index (κ2) is 9.04. The van der Waals surface area contributed by atoms with Crippen LogP contribution in [-0.2, 0) is 9.59 Å². The molecule has 0 aliphatic carbocycles. The average Bonchev–Trinajstić information content (AvgIpc) is 2.65. The first-order chi connectivity index (χ1) is 12.5. The van der Waals surface area contributed by atoms with Crippen molar-refractivity contribution >= 4 is 17.9 Å². The van der Waals surface area contributed by atoms with Gasteiger partial charge in [-0.05, 0) is 36.3 Å². The van der Waals surface area contributed by atoms with Gasteiger partial charge in [0.05, 0.1) is 6.04 Å². The molecule has 0 heterocycles. The van der Waals surface area contributed by atoms with E-state index in [9.17, 15) is 14.9 Å². The Balaban J connectivity index is 2.05. The molecule has 26 heavy (non-hydrogen) atoms. The largest absolute Gasteiger partial charge is 0.484 e. The fourth-order valence-electron chi connectivity index (χ4n) is 2.23. The number of rotatable bonds is 7. The molecule has 2 aromatic rings. The highest BCUT2D eigenvalue weighted by Crippen LogP contribution is 2.16. The molecule has 0 bridgehead atoms. The number of nitrogens with two attached hydrogens (primary N) is 1. The van der Waals surface area contributed by atoms with Gasteiger partial charge in [0.1, 0.15) is 17.4 Å². The summed E-state index contributed by atoms with van der Waals surface area (Å²) in [6, 6.07) is 17.8. The molecule has 3 N–H and O–H groups in total. The topological polar surface area (TPSA) is 105 Å². The van der Waals surface area contributed by atoms with Gasteiger partial charge in [0.15, 0.2) is 6.61 Å². The van der Waals surface area contributed by atoms with Crippen LogP contribution in [-0.4, -0.2) is 18.4 Å². The lowest BCUT2D eigenvalue weighted by Crippen LogP contribution is -2.27. The van der Waals surface area contributed by atoms with Crippen molar-refractivity contribution in [2.75, 3.05) is 6.61 Å². The smallest absolute Gasteiger partial charge is 0.262 e. The Labute approximate surface area is 151 Å². The SMILES string of the molecule is C[C@H](NC(=O)/C(C#N)=C\c1ccc(OCC(N)=O)cc1)c1ccccc1. The second-order valence-corrected chi connectivity index (χ2v) is 5.60. The maximum atomic E-state index is 12.3. The van der Waals surface area contributed by atoms with Gasteiger partial charge in [0.2, 0.25) is 0 Å². The van der Waals surface area contributed by atoms with E-state index in [-0.39, 0.29) is 18.2 Å². The Kier molecular flexibility index (Phi) is 6.52. The average molecular weight is 349 g/mol. The minimum absolute atomic E-state index is 0.00131. The van der Waals surface area contributed by atoms with E-state index >= 15 is 0 Å². The molecular weight excluding hydrogens is 330 g/mol. The first-order valence-electron chi connectivity index (χ1n) is 7.98. The van der Waals surface area contributed by atoms with E-state index in [1.165, 1.54) is 6.08 Å². The van der Waals surface area contributed by atoms with Gasteiger partial charge < -0.3 is 15.8 Å². The summed E-state index contributed by atoms with van der Waals surface area (Å²) >= 11 is 0. The number of nitriles is 1. The summed E-state index contributed by atoms with van der Waals surface area (Å²) in [6.45, 7) is 1.64. The van der Waals surface area contributed by atoms with Gasteiger partial charge in [0.25, 0.3) is 11.8 Å². The van der Waals surface area contributed by atoms with Crippen LogP contribution < -0.4 is 15.8 Å². The molecule has 132 valence electrons. The quantitative estimate of drug-likeness (QED) is 0.591. The molecule has 2 amide bonds. The summed E-state index contributed by atoms with van der Waals surface area (Å²) in [5.74, 6) is -0.538. The summed E-state index contributed by atoms with van der Waals surface area (Å²) < 4.78 is 5.16. The summed E-state index contributed by atoms with van der Waals surface area (Å²) in [4.78, 5) is 23.0. The third-order valence-electron chi connectivity index (χ3n) is 3.58. The number of nitrogens with one attached hydrogen (secondary N) is 1. The first kappa shape index (κ1) is 18.7. The van der Waals surface area contributed by atoms with E-state index in [0.717, 1.165) is 5.56 Å². The number of hydrogen-bond acceptors (Lipinski definition) is 4. The number of amides is 2. The molecule has 0 unspecified atom stereocenters. The lowest BCUT2D eigenvalue weighted by molar-refractivity contribution is -0.120. The molecule has 0 aliphatic rings. The van der Waals surface area contributed by atoms with Crippen molar-refractivity contribution < 1.29 is 14.3 Å². The Morgan fingerprint density at radius 2 is 1.85 bits per heavy atom. The van der Waals surface area contributed by atoms with E-state index in [4.69, 9.17) is 10.5 Å². The van der Waals surface area contributed by atoms with Crippen molar-refractivity contribution in [3.63, 3.8) is 0 Å². The number of carbonyl (C=O) groups excluding carboxylic acids is 2. The van der Waals surface area contributed by atoms with Crippen LogP contribution in [0.25, 0.3) is 6.08 Å². The Morgan fingerprint density at radius 3 is 2.42 bits per heavy atom. The third-order valence-corrected chi connectivity index (χ3v) is 3.58. The van der Waals surface area contributed by atoms with Crippen molar-refractivity contribution in [1.29, 1.82) is 5.26 Å². The van der Waals surface area contributed by atoms with Crippen LogP contribution in [0.5, 0.6) is 5.75 Å². The van der Waals surface area contributed by atoms with Gasteiger partial charge in [-0.2, -0.15) is 5.26 Å². The molecule has 6 nitrogen and oxygen atoms in total. The maximum absolute atomic E-state index is 12.3. The third kappa shape index (κ3) is 5.49. The zero-order chi connectivity index (χ0) is 18.9. The number of primary amides is 1. The van der Waals surface area contributed by atoms with Crippen LogP contribution in [0.1, 0.15) is 24.1 Å². The predicted molar refractivity (Wildman–Crippen MR) is 97.7 cm³/mol. The minimum Gasteiger partial charge on any atom is -0.484 e. The molecular formula is C20H19N3O3. The monoisotopic (exact) mass is 349 g/mol. The molecule has 1 atom stereocenters. The van der Waals surface area contributed by atoms with Gasteiger partial charge in [-0.3, -0.25) is 9.59 Å². The molecule has 0 fully saturated rings. The molecule has 0 aliphatic heterocycles. The molecule has 2 aromatic carbocycles. The second-order valence-electron chi connectivity index (χ2n) is 5.60. The van der Waals surface area contributed by atoms with E-state index in [2.05, 4.69) is 5.32 Å². The molecule has 0 radical (unpaired) electrons. The van der Waals surface area contributed by atoms with E-state index in [1.807, 2.05) is 43.3 Å². The van der Waals surface area contributed by atoms with E-state index in [1.54, 1.807) is 24.3 Å². The summed E-state index contributed by atoms with van der Waals surface area (Å²) in [5.41, 5.74) is 6.63. The van der Waals surface area contributed by atoms with Crippen LogP contribution in [0.15, 0.2) is 60.2 Å². The van der Waals surface area contributed by atoms with Gasteiger partial charge in [0, 0.05) is 0 Å². The fraction of sp³-hybridized carbons (Fsp3) is 0.150. The van der Waals surface area contributed by atoms with Crippen molar-refractivity contribution in [2.24, 2.45) is 5.73 Å². The van der Waals surface area contributed by atoms with Crippen LogP contribution in [0.3, 0.4) is 0 Å². The van der Waals surface area contributed by atoms with Gasteiger partial charge in [-0.15, -0.1) is 0 Å². The number of carbonyl (C=O) groups is 2. The van der Waals surface area contributed by atoms with E-state index in [0.29, 0.717) is 11.3 Å². The van der Waals surface area contributed by atoms with Gasteiger partial charge >= 0.3 is 0 Å². The summed E-state index contributed by atoms with van der Waals surface area (Å²) in [5, 5.41) is 12.1. The molecule has 2 rings (SSSR count). The zero-order valence-electron chi connectivity index (χ0n) is 14.3. The molecule has 0 saturated heterocycles. The minimum atomic E-state index is -0.565. The Bertz CT molecular complexity index is 837. The van der Waals surface area contributed by atoms with Crippen LogP contribution >= 0.6 is 0 Å². The fourth-order valence-corrected chi connectivity index (χ4v) is 2.23. The summed E-state index contributed by atoms with van der Waals surface area (Å²) in [7, 11) is 0. The van der Waals surface area contributed by atoms with Crippen molar-refractivity contribution in [2.45, 2.75) is 13.0 Å².